The molecule has 146 valence electrons. The predicted octanol–water partition coefficient (Wildman–Crippen LogP) is 4.22. The van der Waals surface area contributed by atoms with E-state index in [1.54, 1.807) is 18.9 Å². The van der Waals surface area contributed by atoms with Gasteiger partial charge in [-0.05, 0) is 24.3 Å². The van der Waals surface area contributed by atoms with E-state index in [9.17, 15) is 0 Å². The van der Waals surface area contributed by atoms with E-state index in [0.717, 1.165) is 34.0 Å². The van der Waals surface area contributed by atoms with Crippen LogP contribution in [0.5, 0.6) is 17.2 Å². The number of aromatic nitrogens is 3. The van der Waals surface area contributed by atoms with Crippen LogP contribution in [0.2, 0.25) is 0 Å². The monoisotopic (exact) mass is 397 g/mol. The second kappa shape index (κ2) is 10.4. The fourth-order valence-corrected chi connectivity index (χ4v) is 3.32. The highest BCUT2D eigenvalue weighted by molar-refractivity contribution is 7.99. The van der Waals surface area contributed by atoms with Crippen molar-refractivity contribution in [2.24, 2.45) is 0 Å². The van der Waals surface area contributed by atoms with Crippen LogP contribution in [0.1, 0.15) is 5.82 Å². The molecule has 2 aromatic carbocycles. The van der Waals surface area contributed by atoms with E-state index in [2.05, 4.69) is 16.8 Å². The molecule has 0 radical (unpaired) electrons. The third-order valence-electron chi connectivity index (χ3n) is 3.86. The van der Waals surface area contributed by atoms with Gasteiger partial charge in [0, 0.05) is 12.3 Å². The topological polar surface area (TPSA) is 58.4 Å². The Balaban J connectivity index is 1.56. The van der Waals surface area contributed by atoms with E-state index in [-0.39, 0.29) is 0 Å². The van der Waals surface area contributed by atoms with Crippen molar-refractivity contribution in [2.45, 2.75) is 18.3 Å². The van der Waals surface area contributed by atoms with Crippen LogP contribution >= 0.6 is 11.8 Å². The Morgan fingerprint density at radius 1 is 1.00 bits per heavy atom. The highest BCUT2D eigenvalue weighted by Gasteiger charge is 2.12. The number of hydrogen-bond acceptors (Lipinski definition) is 6. The lowest BCUT2D eigenvalue weighted by atomic mass is 10.3. The number of rotatable bonds is 11. The molecule has 7 heteroatoms. The van der Waals surface area contributed by atoms with Gasteiger partial charge in [-0.25, -0.2) is 0 Å². The van der Waals surface area contributed by atoms with Crippen molar-refractivity contribution in [1.82, 2.24) is 14.8 Å². The molecule has 3 aromatic rings. The normalized spacial score (nSPS) is 10.5. The quantitative estimate of drug-likeness (QED) is 0.274. The maximum Gasteiger partial charge on any atom is 0.191 e. The lowest BCUT2D eigenvalue weighted by molar-refractivity contribution is 0.289. The molecule has 0 aliphatic carbocycles. The van der Waals surface area contributed by atoms with Crippen LogP contribution in [0.25, 0.3) is 0 Å². The number of thioether (sulfide) groups is 1. The van der Waals surface area contributed by atoms with Gasteiger partial charge in [-0.3, -0.25) is 4.57 Å². The minimum atomic E-state index is 0.350. The molecule has 28 heavy (non-hydrogen) atoms. The van der Waals surface area contributed by atoms with Crippen LogP contribution in [0.4, 0.5) is 0 Å². The highest BCUT2D eigenvalue weighted by atomic mass is 32.2. The van der Waals surface area contributed by atoms with Crippen molar-refractivity contribution in [2.75, 3.05) is 19.5 Å². The maximum atomic E-state index is 5.81. The fourth-order valence-electron chi connectivity index (χ4n) is 2.53. The number of hydrogen-bond donors (Lipinski definition) is 0. The van der Waals surface area contributed by atoms with Gasteiger partial charge in [0.1, 0.15) is 12.4 Å². The molecule has 0 bridgehead atoms. The van der Waals surface area contributed by atoms with E-state index < -0.39 is 0 Å². The van der Waals surface area contributed by atoms with E-state index >= 15 is 0 Å². The Bertz CT molecular complexity index is 884. The summed E-state index contributed by atoms with van der Waals surface area (Å²) in [4.78, 5) is 0. The molecule has 0 aliphatic heterocycles. The zero-order chi connectivity index (χ0) is 19.6. The molecular formula is C21H23N3O3S. The first-order valence-corrected chi connectivity index (χ1v) is 9.90. The lowest BCUT2D eigenvalue weighted by Crippen LogP contribution is -2.08. The summed E-state index contributed by atoms with van der Waals surface area (Å²) in [5.74, 6) is 3.75. The zero-order valence-corrected chi connectivity index (χ0v) is 16.6. The van der Waals surface area contributed by atoms with Gasteiger partial charge in [0.25, 0.3) is 0 Å². The van der Waals surface area contributed by atoms with E-state index in [1.165, 1.54) is 0 Å². The van der Waals surface area contributed by atoms with Gasteiger partial charge in [-0.2, -0.15) is 0 Å². The maximum absolute atomic E-state index is 5.81. The van der Waals surface area contributed by atoms with E-state index in [0.29, 0.717) is 19.8 Å². The van der Waals surface area contributed by atoms with Crippen LogP contribution < -0.4 is 14.2 Å². The summed E-state index contributed by atoms with van der Waals surface area (Å²) in [7, 11) is 1.63. The van der Waals surface area contributed by atoms with Crippen molar-refractivity contribution in [3.63, 3.8) is 0 Å². The molecule has 1 aromatic heterocycles. The summed E-state index contributed by atoms with van der Waals surface area (Å²) in [5, 5.41) is 9.38. The first kappa shape index (κ1) is 19.8. The van der Waals surface area contributed by atoms with Crippen molar-refractivity contribution in [3.8, 4) is 17.2 Å². The Hall–Kier alpha value is -2.93. The Kier molecular flexibility index (Phi) is 7.37. The summed E-state index contributed by atoms with van der Waals surface area (Å²) >= 11 is 1.58. The van der Waals surface area contributed by atoms with E-state index in [1.807, 2.05) is 65.2 Å². The van der Waals surface area contributed by atoms with Crippen molar-refractivity contribution in [1.29, 1.82) is 0 Å². The van der Waals surface area contributed by atoms with Gasteiger partial charge < -0.3 is 14.2 Å². The Morgan fingerprint density at radius 3 is 2.50 bits per heavy atom. The smallest absolute Gasteiger partial charge is 0.191 e. The van der Waals surface area contributed by atoms with Gasteiger partial charge in [0.15, 0.2) is 22.5 Å². The molecule has 3 rings (SSSR count). The lowest BCUT2D eigenvalue weighted by Gasteiger charge is -2.11. The van der Waals surface area contributed by atoms with Gasteiger partial charge in [0.2, 0.25) is 0 Å². The molecular weight excluding hydrogens is 374 g/mol. The molecule has 0 atom stereocenters. The average Bonchev–Trinajstić information content (AvgIpc) is 3.12. The molecule has 0 amide bonds. The van der Waals surface area contributed by atoms with Crippen LogP contribution in [0.3, 0.4) is 0 Å². The molecule has 0 spiro atoms. The summed E-state index contributed by atoms with van der Waals surface area (Å²) < 4.78 is 18.9. The first-order valence-electron chi connectivity index (χ1n) is 8.91. The molecule has 1 heterocycles. The minimum Gasteiger partial charge on any atom is -0.493 e. The van der Waals surface area contributed by atoms with E-state index in [4.69, 9.17) is 14.2 Å². The van der Waals surface area contributed by atoms with Crippen LogP contribution in [-0.4, -0.2) is 34.2 Å². The first-order chi connectivity index (χ1) is 13.8. The van der Waals surface area contributed by atoms with Gasteiger partial charge in [-0.15, -0.1) is 16.8 Å². The molecule has 6 nitrogen and oxygen atoms in total. The minimum absolute atomic E-state index is 0.350. The number of benzene rings is 2. The summed E-state index contributed by atoms with van der Waals surface area (Å²) in [6, 6.07) is 17.3. The standard InChI is InChI=1S/C21H23N3O3S/c1-3-13-24-20(16-27-17-9-5-4-6-10-17)22-23-21(24)28-15-14-26-19-12-8-7-11-18(19)25-2/h3-12H,1,13-16H2,2H3. The summed E-state index contributed by atoms with van der Waals surface area (Å²) in [6.45, 7) is 5.33. The summed E-state index contributed by atoms with van der Waals surface area (Å²) in [5.41, 5.74) is 0. The Morgan fingerprint density at radius 2 is 1.75 bits per heavy atom. The number of nitrogens with zero attached hydrogens (tertiary/aromatic N) is 3. The van der Waals surface area contributed by atoms with Gasteiger partial charge in [0.05, 0.1) is 13.7 Å². The van der Waals surface area contributed by atoms with Crippen molar-refractivity contribution in [3.05, 3.63) is 73.1 Å². The largest absolute Gasteiger partial charge is 0.493 e. The second-order valence-electron chi connectivity index (χ2n) is 5.75. The predicted molar refractivity (Wildman–Crippen MR) is 110 cm³/mol. The number of para-hydroxylation sites is 3. The fraction of sp³-hybridized carbons (Fsp3) is 0.238. The number of methoxy groups -OCH3 is 1. The van der Waals surface area contributed by atoms with Crippen LogP contribution in [0, 0.1) is 0 Å². The zero-order valence-electron chi connectivity index (χ0n) is 15.8. The third-order valence-corrected chi connectivity index (χ3v) is 4.79. The van der Waals surface area contributed by atoms with Gasteiger partial charge in [-0.1, -0.05) is 48.2 Å². The molecule has 0 unspecified atom stereocenters. The highest BCUT2D eigenvalue weighted by Crippen LogP contribution is 2.26. The van der Waals surface area contributed by atoms with Crippen LogP contribution in [-0.2, 0) is 13.2 Å². The van der Waals surface area contributed by atoms with Gasteiger partial charge >= 0.3 is 0 Å². The second-order valence-corrected chi connectivity index (χ2v) is 6.81. The summed E-state index contributed by atoms with van der Waals surface area (Å²) in [6.07, 6.45) is 1.82. The molecule has 0 saturated carbocycles. The average molecular weight is 398 g/mol. The van der Waals surface area contributed by atoms with Crippen molar-refractivity contribution >= 4 is 11.8 Å². The number of ether oxygens (including phenoxy) is 3. The SMILES string of the molecule is C=CCn1c(COc2ccccc2)nnc1SCCOc1ccccc1OC. The van der Waals surface area contributed by atoms with Crippen LogP contribution in [0.15, 0.2) is 72.4 Å². The third kappa shape index (κ3) is 5.29. The molecule has 0 saturated heterocycles. The molecule has 0 aliphatic rings. The Labute approximate surface area is 169 Å². The molecule has 0 N–H and O–H groups in total. The molecule has 0 fully saturated rings. The number of allylic oxidation sites excluding steroid dienone is 1. The van der Waals surface area contributed by atoms with Crippen molar-refractivity contribution < 1.29 is 14.2 Å².